The predicted molar refractivity (Wildman–Crippen MR) is 87.5 cm³/mol. The minimum absolute atomic E-state index is 0.151. The van der Waals surface area contributed by atoms with Crippen molar-refractivity contribution in [3.63, 3.8) is 0 Å². The van der Waals surface area contributed by atoms with E-state index in [0.717, 1.165) is 11.3 Å². The number of aryl methyl sites for hydroxylation is 1. The largest absolute Gasteiger partial charge is 0.465 e. The van der Waals surface area contributed by atoms with Gasteiger partial charge in [-0.25, -0.2) is 9.59 Å². The van der Waals surface area contributed by atoms with Gasteiger partial charge in [0.15, 0.2) is 0 Å². The fourth-order valence-electron chi connectivity index (χ4n) is 2.10. The third-order valence-electron chi connectivity index (χ3n) is 3.28. The van der Waals surface area contributed by atoms with Crippen LogP contribution in [-0.2, 0) is 16.5 Å². The quantitative estimate of drug-likeness (QED) is 0.827. The molecule has 8 nitrogen and oxygen atoms in total. The summed E-state index contributed by atoms with van der Waals surface area (Å²) in [5.41, 5.74) is 0.874. The summed E-state index contributed by atoms with van der Waals surface area (Å²) < 4.78 is 11.1. The minimum Gasteiger partial charge on any atom is -0.465 e. The van der Waals surface area contributed by atoms with Gasteiger partial charge in [0, 0.05) is 13.2 Å². The molecule has 0 spiro atoms. The number of anilines is 1. The Morgan fingerprint density at radius 2 is 2.04 bits per heavy atom. The zero-order valence-corrected chi connectivity index (χ0v) is 14.5. The van der Waals surface area contributed by atoms with Crippen LogP contribution in [0.2, 0.25) is 0 Å². The van der Waals surface area contributed by atoms with E-state index in [-0.39, 0.29) is 22.0 Å². The molecule has 0 saturated carbocycles. The number of nitrogens with zero attached hydrogens (tertiary/aromatic N) is 2. The molecule has 2 rings (SSSR count). The molecule has 0 aromatic carbocycles. The predicted octanol–water partition coefficient (Wildman–Crippen LogP) is 2.01. The smallest absolute Gasteiger partial charge is 0.348 e. The first-order valence-corrected chi connectivity index (χ1v) is 7.90. The highest BCUT2D eigenvalue weighted by Gasteiger charge is 2.27. The highest BCUT2D eigenvalue weighted by molar-refractivity contribution is 7.18. The summed E-state index contributed by atoms with van der Waals surface area (Å²) >= 11 is 0.967. The van der Waals surface area contributed by atoms with Gasteiger partial charge >= 0.3 is 11.9 Å². The number of rotatable bonds is 5. The number of carbonyl (C=O) groups is 3. The van der Waals surface area contributed by atoms with Crippen molar-refractivity contribution in [1.82, 2.24) is 9.78 Å². The van der Waals surface area contributed by atoms with Crippen molar-refractivity contribution in [2.24, 2.45) is 7.05 Å². The minimum atomic E-state index is -0.610. The number of nitrogens with one attached hydrogen (secondary N) is 1. The molecule has 24 heavy (non-hydrogen) atoms. The van der Waals surface area contributed by atoms with Crippen molar-refractivity contribution in [2.75, 3.05) is 19.0 Å². The molecule has 0 bridgehead atoms. The summed E-state index contributed by atoms with van der Waals surface area (Å²) in [6.07, 6.45) is 1.49. The van der Waals surface area contributed by atoms with E-state index in [1.807, 2.05) is 0 Å². The molecule has 1 N–H and O–H groups in total. The Kier molecular flexibility index (Phi) is 5.35. The second kappa shape index (κ2) is 7.26. The molecular formula is C15H17N3O5S. The number of hydrogen-bond donors (Lipinski definition) is 1. The number of ether oxygens (including phenoxy) is 2. The Bertz CT molecular complexity index is 793. The number of aromatic nitrogens is 2. The van der Waals surface area contributed by atoms with Crippen molar-refractivity contribution in [3.05, 3.63) is 34.0 Å². The van der Waals surface area contributed by atoms with Crippen LogP contribution < -0.4 is 5.32 Å². The number of carbonyl (C=O) groups excluding carboxylic acids is 3. The van der Waals surface area contributed by atoms with E-state index in [4.69, 9.17) is 9.47 Å². The average molecular weight is 351 g/mol. The molecule has 2 aromatic rings. The zero-order valence-electron chi connectivity index (χ0n) is 13.7. The van der Waals surface area contributed by atoms with E-state index >= 15 is 0 Å². The topological polar surface area (TPSA) is 99.5 Å². The summed E-state index contributed by atoms with van der Waals surface area (Å²) in [7, 11) is 2.88. The van der Waals surface area contributed by atoms with Gasteiger partial charge in [-0.3, -0.25) is 9.48 Å². The lowest BCUT2D eigenvalue weighted by molar-refractivity contribution is 0.0527. The molecule has 128 valence electrons. The van der Waals surface area contributed by atoms with Gasteiger partial charge in [-0.05, 0) is 25.5 Å². The van der Waals surface area contributed by atoms with Gasteiger partial charge in [-0.1, -0.05) is 0 Å². The lowest BCUT2D eigenvalue weighted by Gasteiger charge is -2.07. The first-order valence-electron chi connectivity index (χ1n) is 7.08. The SMILES string of the molecule is CCOC(=O)c1c(NC(=O)c2ccnn2C)sc(C(=O)OC)c1C. The van der Waals surface area contributed by atoms with E-state index in [0.29, 0.717) is 11.3 Å². The van der Waals surface area contributed by atoms with Crippen molar-refractivity contribution in [2.45, 2.75) is 13.8 Å². The van der Waals surface area contributed by atoms with Crippen LogP contribution >= 0.6 is 11.3 Å². The number of thiophene rings is 1. The van der Waals surface area contributed by atoms with E-state index in [2.05, 4.69) is 10.4 Å². The van der Waals surface area contributed by atoms with Crippen LogP contribution in [0.25, 0.3) is 0 Å². The number of methoxy groups -OCH3 is 1. The molecule has 2 heterocycles. The molecule has 2 aromatic heterocycles. The third-order valence-corrected chi connectivity index (χ3v) is 4.47. The molecule has 0 saturated heterocycles. The Morgan fingerprint density at radius 3 is 2.58 bits per heavy atom. The van der Waals surface area contributed by atoms with Crippen LogP contribution in [0, 0.1) is 6.92 Å². The summed E-state index contributed by atoms with van der Waals surface area (Å²) in [6.45, 7) is 3.46. The third kappa shape index (κ3) is 3.30. The van der Waals surface area contributed by atoms with Gasteiger partial charge in [-0.2, -0.15) is 5.10 Å². The fraction of sp³-hybridized carbons (Fsp3) is 0.333. The van der Waals surface area contributed by atoms with Crippen LogP contribution in [0.15, 0.2) is 12.3 Å². The first kappa shape index (κ1) is 17.7. The van der Waals surface area contributed by atoms with E-state index in [1.165, 1.54) is 18.0 Å². The number of esters is 2. The zero-order chi connectivity index (χ0) is 17.9. The van der Waals surface area contributed by atoms with Crippen LogP contribution in [-0.4, -0.2) is 41.3 Å². The molecule has 0 aliphatic rings. The molecule has 0 unspecified atom stereocenters. The molecule has 0 radical (unpaired) electrons. The van der Waals surface area contributed by atoms with Crippen LogP contribution in [0.3, 0.4) is 0 Å². The Hall–Kier alpha value is -2.68. The highest BCUT2D eigenvalue weighted by Crippen LogP contribution is 2.34. The second-order valence-electron chi connectivity index (χ2n) is 4.77. The van der Waals surface area contributed by atoms with Crippen molar-refractivity contribution < 1.29 is 23.9 Å². The van der Waals surface area contributed by atoms with Crippen LogP contribution in [0.5, 0.6) is 0 Å². The Morgan fingerprint density at radius 1 is 1.33 bits per heavy atom. The second-order valence-corrected chi connectivity index (χ2v) is 5.79. The number of hydrogen-bond acceptors (Lipinski definition) is 7. The van der Waals surface area contributed by atoms with Crippen LogP contribution in [0.4, 0.5) is 5.00 Å². The molecule has 0 aliphatic heterocycles. The van der Waals surface area contributed by atoms with Gasteiger partial charge in [-0.15, -0.1) is 11.3 Å². The van der Waals surface area contributed by atoms with Gasteiger partial charge in [0.25, 0.3) is 5.91 Å². The molecule has 1 amide bonds. The summed E-state index contributed by atoms with van der Waals surface area (Å²) in [6, 6.07) is 1.54. The average Bonchev–Trinajstić information content (AvgIpc) is 3.10. The van der Waals surface area contributed by atoms with E-state index in [9.17, 15) is 14.4 Å². The summed E-state index contributed by atoms with van der Waals surface area (Å²) in [5.74, 6) is -1.64. The lowest BCUT2D eigenvalue weighted by Crippen LogP contribution is -2.17. The van der Waals surface area contributed by atoms with Gasteiger partial charge in [0.2, 0.25) is 0 Å². The van der Waals surface area contributed by atoms with Gasteiger partial charge in [0.05, 0.1) is 19.3 Å². The Labute approximate surface area is 142 Å². The summed E-state index contributed by atoms with van der Waals surface area (Å²) in [5, 5.41) is 6.80. The van der Waals surface area contributed by atoms with Gasteiger partial charge in [0.1, 0.15) is 15.6 Å². The molecule has 9 heteroatoms. The summed E-state index contributed by atoms with van der Waals surface area (Å²) in [4.78, 5) is 36.7. The van der Waals surface area contributed by atoms with Crippen molar-refractivity contribution in [3.8, 4) is 0 Å². The maximum absolute atomic E-state index is 12.4. The maximum Gasteiger partial charge on any atom is 0.348 e. The number of amides is 1. The monoisotopic (exact) mass is 351 g/mol. The Balaban J connectivity index is 2.44. The van der Waals surface area contributed by atoms with Crippen molar-refractivity contribution in [1.29, 1.82) is 0 Å². The normalized spacial score (nSPS) is 10.3. The maximum atomic E-state index is 12.4. The van der Waals surface area contributed by atoms with E-state index < -0.39 is 17.8 Å². The fourth-order valence-corrected chi connectivity index (χ4v) is 3.21. The molecule has 0 aliphatic carbocycles. The standard InChI is InChI=1S/C15H17N3O5S/c1-5-23-14(20)10-8(2)11(15(21)22-4)24-13(10)17-12(19)9-6-7-16-18(9)3/h6-7H,5H2,1-4H3,(H,17,19). The molecule has 0 atom stereocenters. The highest BCUT2D eigenvalue weighted by atomic mass is 32.1. The van der Waals surface area contributed by atoms with Crippen LogP contribution in [0.1, 0.15) is 43.0 Å². The first-order chi connectivity index (χ1) is 11.4. The van der Waals surface area contributed by atoms with Crippen molar-refractivity contribution >= 4 is 34.2 Å². The van der Waals surface area contributed by atoms with E-state index in [1.54, 1.807) is 27.0 Å². The molecular weight excluding hydrogens is 334 g/mol. The molecule has 0 fully saturated rings. The van der Waals surface area contributed by atoms with Gasteiger partial charge < -0.3 is 14.8 Å². The lowest BCUT2D eigenvalue weighted by atomic mass is 10.1.